The number of carbonyl (C=O) groups is 2. The van der Waals surface area contributed by atoms with E-state index in [4.69, 9.17) is 0 Å². The molecule has 0 atom stereocenters. The normalized spacial score (nSPS) is 10.5. The Bertz CT molecular complexity index is 670. The first-order chi connectivity index (χ1) is 11.7. The highest BCUT2D eigenvalue weighted by molar-refractivity contribution is 5.93. The number of carbonyl (C=O) groups excluding carboxylic acids is 2. The number of nitrogens with zero attached hydrogens (tertiary/aromatic N) is 1. The van der Waals surface area contributed by atoms with E-state index >= 15 is 0 Å². The molecule has 2 aromatic carbocycles. The minimum Gasteiger partial charge on any atom is -0.326 e. The lowest BCUT2D eigenvalue weighted by Crippen LogP contribution is -2.20. The molecule has 5 nitrogen and oxygen atoms in total. The maximum Gasteiger partial charge on any atom is 0.240 e. The SMILES string of the molecule is O=C(CCC(=O)Nc1ccccc1)NN=CCCc1ccccc1. The van der Waals surface area contributed by atoms with E-state index in [1.54, 1.807) is 18.3 Å². The van der Waals surface area contributed by atoms with Gasteiger partial charge < -0.3 is 5.32 Å². The monoisotopic (exact) mass is 323 g/mol. The maximum absolute atomic E-state index is 11.7. The topological polar surface area (TPSA) is 70.6 Å². The third-order valence-corrected chi connectivity index (χ3v) is 3.32. The van der Waals surface area contributed by atoms with Crippen LogP contribution in [0.15, 0.2) is 65.8 Å². The average Bonchev–Trinajstić information content (AvgIpc) is 2.61. The summed E-state index contributed by atoms with van der Waals surface area (Å²) >= 11 is 0. The first-order valence-corrected chi connectivity index (χ1v) is 7.93. The van der Waals surface area contributed by atoms with Gasteiger partial charge in [0, 0.05) is 24.7 Å². The molecule has 0 bridgehead atoms. The van der Waals surface area contributed by atoms with Crippen molar-refractivity contribution in [2.45, 2.75) is 25.7 Å². The van der Waals surface area contributed by atoms with E-state index in [0.29, 0.717) is 0 Å². The first-order valence-electron chi connectivity index (χ1n) is 7.93. The van der Waals surface area contributed by atoms with Gasteiger partial charge >= 0.3 is 0 Å². The molecule has 2 amide bonds. The van der Waals surface area contributed by atoms with Crippen molar-refractivity contribution < 1.29 is 9.59 Å². The van der Waals surface area contributed by atoms with E-state index in [-0.39, 0.29) is 24.7 Å². The largest absolute Gasteiger partial charge is 0.326 e. The van der Waals surface area contributed by atoms with Gasteiger partial charge in [0.1, 0.15) is 0 Å². The molecule has 5 heteroatoms. The molecule has 0 saturated heterocycles. The molecular formula is C19H21N3O2. The molecule has 0 radical (unpaired) electrons. The number of para-hydroxylation sites is 1. The second-order valence-electron chi connectivity index (χ2n) is 5.29. The Morgan fingerprint density at radius 2 is 1.50 bits per heavy atom. The lowest BCUT2D eigenvalue weighted by molar-refractivity contribution is -0.124. The number of benzene rings is 2. The molecular weight excluding hydrogens is 302 g/mol. The van der Waals surface area contributed by atoms with Gasteiger partial charge in [-0.25, -0.2) is 5.43 Å². The van der Waals surface area contributed by atoms with Crippen LogP contribution in [0.5, 0.6) is 0 Å². The van der Waals surface area contributed by atoms with E-state index in [1.165, 1.54) is 5.56 Å². The summed E-state index contributed by atoms with van der Waals surface area (Å²) in [6.07, 6.45) is 3.53. The smallest absolute Gasteiger partial charge is 0.240 e. The van der Waals surface area contributed by atoms with Gasteiger partial charge in [0.05, 0.1) is 0 Å². The Hall–Kier alpha value is -2.95. The van der Waals surface area contributed by atoms with E-state index in [9.17, 15) is 9.59 Å². The van der Waals surface area contributed by atoms with E-state index in [2.05, 4.69) is 28.0 Å². The van der Waals surface area contributed by atoms with Crippen LogP contribution in [0, 0.1) is 0 Å². The van der Waals surface area contributed by atoms with Gasteiger partial charge in [0.2, 0.25) is 11.8 Å². The Kier molecular flexibility index (Phi) is 7.21. The van der Waals surface area contributed by atoms with Crippen LogP contribution in [0.3, 0.4) is 0 Å². The molecule has 2 rings (SSSR count). The predicted molar refractivity (Wildman–Crippen MR) is 95.7 cm³/mol. The summed E-state index contributed by atoms with van der Waals surface area (Å²) in [5.74, 6) is -0.460. The molecule has 124 valence electrons. The van der Waals surface area contributed by atoms with Gasteiger partial charge in [0.15, 0.2) is 0 Å². The van der Waals surface area contributed by atoms with Crippen molar-refractivity contribution in [3.05, 3.63) is 66.2 Å². The number of nitrogens with one attached hydrogen (secondary N) is 2. The fourth-order valence-corrected chi connectivity index (χ4v) is 2.09. The van der Waals surface area contributed by atoms with E-state index in [1.807, 2.05) is 36.4 Å². The van der Waals surface area contributed by atoms with Crippen LogP contribution in [0.4, 0.5) is 5.69 Å². The number of amides is 2. The summed E-state index contributed by atoms with van der Waals surface area (Å²) in [5, 5.41) is 6.63. The Morgan fingerprint density at radius 3 is 2.21 bits per heavy atom. The molecule has 0 heterocycles. The quantitative estimate of drug-likeness (QED) is 0.579. The first kappa shape index (κ1) is 17.4. The van der Waals surface area contributed by atoms with Crippen LogP contribution in [0.2, 0.25) is 0 Å². The zero-order valence-electron chi connectivity index (χ0n) is 13.4. The molecule has 0 fully saturated rings. The van der Waals surface area contributed by atoms with Crippen LogP contribution in [-0.2, 0) is 16.0 Å². The molecule has 2 aromatic rings. The molecule has 2 N–H and O–H groups in total. The van der Waals surface area contributed by atoms with Gasteiger partial charge in [-0.1, -0.05) is 48.5 Å². The fourth-order valence-electron chi connectivity index (χ4n) is 2.09. The number of aryl methyl sites for hydroxylation is 1. The highest BCUT2D eigenvalue weighted by atomic mass is 16.2. The standard InChI is InChI=1S/C19H21N3O2/c23-18(21-17-11-5-2-6-12-17)13-14-19(24)22-20-15-7-10-16-8-3-1-4-9-16/h1-6,8-9,11-12,15H,7,10,13-14H2,(H,21,23)(H,22,24). The molecule has 0 aliphatic rings. The molecule has 0 unspecified atom stereocenters. The summed E-state index contributed by atoms with van der Waals surface area (Å²) in [5.41, 5.74) is 4.39. The molecule has 0 saturated carbocycles. The zero-order chi connectivity index (χ0) is 17.0. The van der Waals surface area contributed by atoms with Crippen molar-refractivity contribution in [1.82, 2.24) is 5.43 Å². The Balaban J connectivity index is 1.59. The predicted octanol–water partition coefficient (Wildman–Crippen LogP) is 3.14. The maximum atomic E-state index is 11.7. The summed E-state index contributed by atoms with van der Waals surface area (Å²) < 4.78 is 0. The number of hydrazone groups is 1. The molecule has 0 aliphatic carbocycles. The van der Waals surface area contributed by atoms with Crippen molar-refractivity contribution in [1.29, 1.82) is 0 Å². The minimum absolute atomic E-state index is 0.106. The minimum atomic E-state index is -0.269. The van der Waals surface area contributed by atoms with Gasteiger partial charge in [-0.2, -0.15) is 5.10 Å². The van der Waals surface area contributed by atoms with Crippen LogP contribution in [-0.4, -0.2) is 18.0 Å². The number of hydrogen-bond donors (Lipinski definition) is 2. The highest BCUT2D eigenvalue weighted by Crippen LogP contribution is 2.06. The average molecular weight is 323 g/mol. The van der Waals surface area contributed by atoms with Crippen molar-refractivity contribution >= 4 is 23.7 Å². The Labute approximate surface area is 141 Å². The van der Waals surface area contributed by atoms with Gasteiger partial charge in [0.25, 0.3) is 0 Å². The summed E-state index contributed by atoms with van der Waals surface area (Å²) in [6.45, 7) is 0. The second kappa shape index (κ2) is 9.94. The Morgan fingerprint density at radius 1 is 0.875 bits per heavy atom. The fraction of sp³-hybridized carbons (Fsp3) is 0.211. The lowest BCUT2D eigenvalue weighted by Gasteiger charge is -2.04. The van der Waals surface area contributed by atoms with Crippen LogP contribution >= 0.6 is 0 Å². The number of hydrogen-bond acceptors (Lipinski definition) is 3. The van der Waals surface area contributed by atoms with Gasteiger partial charge in [-0.05, 0) is 30.5 Å². The van der Waals surface area contributed by atoms with Crippen molar-refractivity contribution in [3.63, 3.8) is 0 Å². The second-order valence-corrected chi connectivity index (χ2v) is 5.29. The van der Waals surface area contributed by atoms with Crippen LogP contribution in [0.25, 0.3) is 0 Å². The molecule has 24 heavy (non-hydrogen) atoms. The zero-order valence-corrected chi connectivity index (χ0v) is 13.4. The lowest BCUT2D eigenvalue weighted by atomic mass is 10.1. The third kappa shape index (κ3) is 6.87. The summed E-state index contributed by atoms with van der Waals surface area (Å²) in [7, 11) is 0. The van der Waals surface area contributed by atoms with Crippen LogP contribution < -0.4 is 10.7 Å². The number of anilines is 1. The van der Waals surface area contributed by atoms with Crippen molar-refractivity contribution in [3.8, 4) is 0 Å². The van der Waals surface area contributed by atoms with E-state index in [0.717, 1.165) is 18.5 Å². The third-order valence-electron chi connectivity index (χ3n) is 3.32. The van der Waals surface area contributed by atoms with Crippen LogP contribution in [0.1, 0.15) is 24.8 Å². The summed E-state index contributed by atoms with van der Waals surface area (Å²) in [6, 6.07) is 19.2. The van der Waals surface area contributed by atoms with Crippen molar-refractivity contribution in [2.24, 2.45) is 5.10 Å². The number of rotatable bonds is 8. The van der Waals surface area contributed by atoms with Crippen molar-refractivity contribution in [2.75, 3.05) is 5.32 Å². The molecule has 0 aliphatic heterocycles. The van der Waals surface area contributed by atoms with E-state index < -0.39 is 0 Å². The molecule has 0 aromatic heterocycles. The molecule has 0 spiro atoms. The summed E-state index contributed by atoms with van der Waals surface area (Å²) in [4.78, 5) is 23.3. The van der Waals surface area contributed by atoms with Gasteiger partial charge in [-0.15, -0.1) is 0 Å². The highest BCUT2D eigenvalue weighted by Gasteiger charge is 2.06. The van der Waals surface area contributed by atoms with Gasteiger partial charge in [-0.3, -0.25) is 9.59 Å².